The van der Waals surface area contributed by atoms with E-state index in [0.29, 0.717) is 17.4 Å². The number of rotatable bonds is 5. The second-order valence-corrected chi connectivity index (χ2v) is 8.24. The Labute approximate surface area is 137 Å². The number of amides is 1. The first-order valence-electron chi connectivity index (χ1n) is 6.90. The molecule has 1 saturated heterocycles. The van der Waals surface area contributed by atoms with Crippen LogP contribution in [0.15, 0.2) is 22.7 Å². The van der Waals surface area contributed by atoms with Crippen molar-refractivity contribution in [3.05, 3.63) is 28.5 Å². The Morgan fingerprint density at radius 2 is 2.23 bits per heavy atom. The molecule has 0 radical (unpaired) electrons. The van der Waals surface area contributed by atoms with E-state index < -0.39 is 15.7 Å². The van der Waals surface area contributed by atoms with Gasteiger partial charge in [0.05, 0.1) is 11.5 Å². The molecule has 2 rings (SSSR count). The van der Waals surface area contributed by atoms with Crippen LogP contribution in [0.5, 0.6) is 5.75 Å². The van der Waals surface area contributed by atoms with E-state index in [9.17, 15) is 17.6 Å². The minimum Gasteiger partial charge on any atom is -0.481 e. The van der Waals surface area contributed by atoms with E-state index in [4.69, 9.17) is 4.74 Å². The predicted octanol–water partition coefficient (Wildman–Crippen LogP) is 2.00. The van der Waals surface area contributed by atoms with Gasteiger partial charge in [0.2, 0.25) is 0 Å². The Morgan fingerprint density at radius 1 is 1.50 bits per heavy atom. The first-order chi connectivity index (χ1) is 10.3. The monoisotopic (exact) mass is 393 g/mol. The largest absolute Gasteiger partial charge is 0.481 e. The van der Waals surface area contributed by atoms with Crippen LogP contribution < -0.4 is 4.74 Å². The third kappa shape index (κ3) is 4.19. The Hall–Kier alpha value is -1.15. The molecule has 0 bridgehead atoms. The summed E-state index contributed by atoms with van der Waals surface area (Å²) in [5, 5.41) is 0. The standard InChI is InChI=1S/C14H17BrFNO4S/c1-2-17(11-5-6-22(19,20)9-11)14(18)8-21-13-4-3-10(15)7-12(13)16/h3-4,7,11H,2,5-6,8-9H2,1H3. The fraction of sp³-hybridized carbons (Fsp3) is 0.500. The number of halogens is 2. The minimum atomic E-state index is -3.06. The molecule has 0 aliphatic carbocycles. The first kappa shape index (κ1) is 17.2. The van der Waals surface area contributed by atoms with Crippen LogP contribution in [0.2, 0.25) is 0 Å². The summed E-state index contributed by atoms with van der Waals surface area (Å²) in [5.41, 5.74) is 0. The smallest absolute Gasteiger partial charge is 0.260 e. The van der Waals surface area contributed by atoms with Crippen LogP contribution in [-0.2, 0) is 14.6 Å². The van der Waals surface area contributed by atoms with Crippen LogP contribution in [0.3, 0.4) is 0 Å². The van der Waals surface area contributed by atoms with Gasteiger partial charge in [-0.1, -0.05) is 15.9 Å². The van der Waals surface area contributed by atoms with Gasteiger partial charge >= 0.3 is 0 Å². The lowest BCUT2D eigenvalue weighted by Gasteiger charge is -2.26. The highest BCUT2D eigenvalue weighted by Crippen LogP contribution is 2.22. The van der Waals surface area contributed by atoms with Gasteiger partial charge in [-0.15, -0.1) is 0 Å². The van der Waals surface area contributed by atoms with Gasteiger partial charge in [0.1, 0.15) is 0 Å². The third-order valence-electron chi connectivity index (χ3n) is 3.56. The van der Waals surface area contributed by atoms with Crippen molar-refractivity contribution in [2.24, 2.45) is 0 Å². The number of benzene rings is 1. The summed E-state index contributed by atoms with van der Waals surface area (Å²) in [6.07, 6.45) is 0.439. The fourth-order valence-electron chi connectivity index (χ4n) is 2.47. The van der Waals surface area contributed by atoms with Gasteiger partial charge in [0.15, 0.2) is 28.0 Å². The minimum absolute atomic E-state index is 0.00773. The number of carbonyl (C=O) groups excluding carboxylic acids is 1. The van der Waals surface area contributed by atoms with Gasteiger partial charge in [0.25, 0.3) is 5.91 Å². The van der Waals surface area contributed by atoms with Crippen molar-refractivity contribution in [1.29, 1.82) is 0 Å². The van der Waals surface area contributed by atoms with E-state index >= 15 is 0 Å². The van der Waals surface area contributed by atoms with Gasteiger partial charge in [-0.05, 0) is 31.5 Å². The number of carbonyl (C=O) groups is 1. The van der Waals surface area contributed by atoms with E-state index in [1.54, 1.807) is 13.0 Å². The number of ether oxygens (including phenoxy) is 1. The third-order valence-corrected chi connectivity index (χ3v) is 5.80. The fourth-order valence-corrected chi connectivity index (χ4v) is 4.54. The van der Waals surface area contributed by atoms with E-state index in [1.165, 1.54) is 17.0 Å². The Morgan fingerprint density at radius 3 is 2.77 bits per heavy atom. The second kappa shape index (κ2) is 6.95. The lowest BCUT2D eigenvalue weighted by molar-refractivity contribution is -0.135. The summed E-state index contributed by atoms with van der Waals surface area (Å²) in [6.45, 7) is 1.86. The number of nitrogens with zero attached hydrogens (tertiary/aromatic N) is 1. The number of hydrogen-bond acceptors (Lipinski definition) is 4. The Kier molecular flexibility index (Phi) is 5.44. The summed E-state index contributed by atoms with van der Waals surface area (Å²) in [4.78, 5) is 13.7. The van der Waals surface area contributed by atoms with Crippen LogP contribution in [-0.4, -0.2) is 49.9 Å². The molecule has 1 fully saturated rings. The zero-order valence-corrected chi connectivity index (χ0v) is 14.5. The molecule has 0 saturated carbocycles. The molecule has 1 unspecified atom stereocenters. The molecule has 0 aromatic heterocycles. The maximum atomic E-state index is 13.6. The zero-order chi connectivity index (χ0) is 16.3. The van der Waals surface area contributed by atoms with Crippen molar-refractivity contribution in [2.75, 3.05) is 24.7 Å². The van der Waals surface area contributed by atoms with Gasteiger partial charge < -0.3 is 9.64 Å². The van der Waals surface area contributed by atoms with Crippen LogP contribution in [0.1, 0.15) is 13.3 Å². The zero-order valence-electron chi connectivity index (χ0n) is 12.1. The van der Waals surface area contributed by atoms with Gasteiger partial charge in [-0.2, -0.15) is 0 Å². The average Bonchev–Trinajstić information content (AvgIpc) is 2.78. The molecule has 1 amide bonds. The summed E-state index contributed by atoms with van der Waals surface area (Å²) in [6, 6.07) is 3.98. The summed E-state index contributed by atoms with van der Waals surface area (Å²) < 4.78 is 42.5. The van der Waals surface area contributed by atoms with E-state index in [-0.39, 0.29) is 35.8 Å². The van der Waals surface area contributed by atoms with Crippen LogP contribution in [0.25, 0.3) is 0 Å². The lowest BCUT2D eigenvalue weighted by Crippen LogP contribution is -2.43. The van der Waals surface area contributed by atoms with E-state index in [2.05, 4.69) is 15.9 Å². The molecule has 1 aliphatic rings. The van der Waals surface area contributed by atoms with Crippen molar-refractivity contribution in [3.8, 4) is 5.75 Å². The van der Waals surface area contributed by atoms with Crippen molar-refractivity contribution in [2.45, 2.75) is 19.4 Å². The quantitative estimate of drug-likeness (QED) is 0.767. The predicted molar refractivity (Wildman–Crippen MR) is 84.0 cm³/mol. The SMILES string of the molecule is CCN(C(=O)COc1ccc(Br)cc1F)C1CCS(=O)(=O)C1. The molecule has 1 atom stereocenters. The average molecular weight is 394 g/mol. The van der Waals surface area contributed by atoms with Crippen LogP contribution in [0, 0.1) is 5.82 Å². The molecule has 122 valence electrons. The molecule has 22 heavy (non-hydrogen) atoms. The Bertz CT molecular complexity index is 665. The number of hydrogen-bond donors (Lipinski definition) is 0. The molecular weight excluding hydrogens is 377 g/mol. The highest BCUT2D eigenvalue weighted by Gasteiger charge is 2.33. The van der Waals surface area contributed by atoms with Crippen molar-refractivity contribution in [3.63, 3.8) is 0 Å². The molecular formula is C14H17BrFNO4S. The lowest BCUT2D eigenvalue weighted by atomic mass is 10.2. The summed E-state index contributed by atoms with van der Waals surface area (Å²) in [5.74, 6) is -0.824. The summed E-state index contributed by atoms with van der Waals surface area (Å²) >= 11 is 3.14. The maximum absolute atomic E-state index is 13.6. The topological polar surface area (TPSA) is 63.7 Å². The van der Waals surface area contributed by atoms with Crippen molar-refractivity contribution in [1.82, 2.24) is 4.90 Å². The van der Waals surface area contributed by atoms with Gasteiger partial charge in [0, 0.05) is 17.1 Å². The Balaban J connectivity index is 1.98. The maximum Gasteiger partial charge on any atom is 0.260 e. The van der Waals surface area contributed by atoms with Crippen molar-refractivity contribution >= 4 is 31.7 Å². The van der Waals surface area contributed by atoms with Gasteiger partial charge in [-0.3, -0.25) is 4.79 Å². The summed E-state index contributed by atoms with van der Waals surface area (Å²) in [7, 11) is -3.06. The molecule has 5 nitrogen and oxygen atoms in total. The van der Waals surface area contributed by atoms with Crippen molar-refractivity contribution < 1.29 is 22.3 Å². The van der Waals surface area contributed by atoms with E-state index in [0.717, 1.165) is 0 Å². The molecule has 1 aliphatic heterocycles. The molecule has 0 N–H and O–H groups in total. The first-order valence-corrected chi connectivity index (χ1v) is 9.51. The highest BCUT2D eigenvalue weighted by atomic mass is 79.9. The molecule has 1 heterocycles. The van der Waals surface area contributed by atoms with E-state index in [1.807, 2.05) is 0 Å². The molecule has 1 aromatic rings. The highest BCUT2D eigenvalue weighted by molar-refractivity contribution is 9.10. The number of likely N-dealkylation sites (N-methyl/N-ethyl adjacent to an activating group) is 1. The van der Waals surface area contributed by atoms with Crippen LogP contribution >= 0.6 is 15.9 Å². The van der Waals surface area contributed by atoms with Crippen LogP contribution in [0.4, 0.5) is 4.39 Å². The van der Waals surface area contributed by atoms with Gasteiger partial charge in [-0.25, -0.2) is 12.8 Å². The normalized spacial score (nSPS) is 19.9. The molecule has 0 spiro atoms. The molecule has 1 aromatic carbocycles. The second-order valence-electron chi connectivity index (χ2n) is 5.10. The molecule has 8 heteroatoms. The number of sulfone groups is 1.